The molecule has 128 valence electrons. The number of benzene rings is 2. The van der Waals surface area contributed by atoms with Crippen molar-refractivity contribution >= 4 is 33.5 Å². The summed E-state index contributed by atoms with van der Waals surface area (Å²) in [7, 11) is 0. The minimum absolute atomic E-state index is 0.0996. The fourth-order valence-corrected chi connectivity index (χ4v) is 3.75. The van der Waals surface area contributed by atoms with Gasteiger partial charge in [0, 0.05) is 27.4 Å². The minimum Gasteiger partial charge on any atom is -0.426 e. The van der Waals surface area contributed by atoms with Crippen molar-refractivity contribution in [2.24, 2.45) is 11.8 Å². The van der Waals surface area contributed by atoms with Crippen LogP contribution in [-0.2, 0) is 9.59 Å². The molecule has 0 aromatic heterocycles. The number of carbonyl (C=O) groups excluding carboxylic acids is 3. The summed E-state index contributed by atoms with van der Waals surface area (Å²) in [4.78, 5) is 37.5. The first-order chi connectivity index (χ1) is 11.9. The number of halogens is 1. The van der Waals surface area contributed by atoms with Crippen molar-refractivity contribution in [3.05, 3.63) is 64.1 Å². The Balaban J connectivity index is 2.09. The highest BCUT2D eigenvalue weighted by Crippen LogP contribution is 2.44. The van der Waals surface area contributed by atoms with Crippen molar-refractivity contribution < 1.29 is 19.1 Å². The smallest absolute Gasteiger partial charge is 0.322 e. The van der Waals surface area contributed by atoms with Crippen LogP contribution in [0.25, 0.3) is 0 Å². The van der Waals surface area contributed by atoms with Crippen LogP contribution in [0.4, 0.5) is 0 Å². The van der Waals surface area contributed by atoms with E-state index < -0.39 is 23.7 Å². The Bertz CT molecular complexity index is 844. The van der Waals surface area contributed by atoms with Crippen LogP contribution in [0.1, 0.15) is 35.7 Å². The molecule has 4 nitrogen and oxygen atoms in total. The third-order valence-electron chi connectivity index (χ3n) is 4.60. The average Bonchev–Trinajstić information content (AvgIpc) is 2.60. The van der Waals surface area contributed by atoms with E-state index in [0.717, 1.165) is 4.47 Å². The molecule has 1 aliphatic rings. The maximum absolute atomic E-state index is 12.9. The summed E-state index contributed by atoms with van der Waals surface area (Å²) in [5.41, 5.74) is 1.26. The second-order valence-electron chi connectivity index (χ2n) is 6.24. The van der Waals surface area contributed by atoms with Crippen LogP contribution in [-0.4, -0.2) is 17.5 Å². The molecule has 0 spiro atoms. The highest BCUT2D eigenvalue weighted by molar-refractivity contribution is 9.10. The van der Waals surface area contributed by atoms with E-state index in [1.165, 1.54) is 6.92 Å². The molecule has 3 rings (SSSR count). The van der Waals surface area contributed by atoms with Gasteiger partial charge in [-0.3, -0.25) is 14.4 Å². The van der Waals surface area contributed by atoms with E-state index in [1.807, 2.05) is 12.1 Å². The first-order valence-electron chi connectivity index (χ1n) is 8.01. The first-order valence-corrected chi connectivity index (χ1v) is 8.80. The number of rotatable bonds is 4. The van der Waals surface area contributed by atoms with Crippen LogP contribution in [0, 0.1) is 11.8 Å². The van der Waals surface area contributed by atoms with Gasteiger partial charge in [-0.15, -0.1) is 0 Å². The topological polar surface area (TPSA) is 60.4 Å². The fraction of sp³-hybridized carbons (Fsp3) is 0.250. The van der Waals surface area contributed by atoms with E-state index in [2.05, 4.69) is 15.9 Å². The SMILES string of the molecule is CC(=O)C1C(=O)Oc2ccc(Br)cc2C1C(C)C(=O)c1ccccc1. The molecule has 3 unspecified atom stereocenters. The molecule has 0 bridgehead atoms. The maximum Gasteiger partial charge on any atom is 0.322 e. The fourth-order valence-electron chi connectivity index (χ4n) is 3.38. The predicted molar refractivity (Wildman–Crippen MR) is 96.6 cm³/mol. The second kappa shape index (κ2) is 6.92. The monoisotopic (exact) mass is 400 g/mol. The molecule has 2 aromatic carbocycles. The number of fused-ring (bicyclic) bond motifs is 1. The van der Waals surface area contributed by atoms with Crippen LogP contribution in [0.3, 0.4) is 0 Å². The quantitative estimate of drug-likeness (QED) is 0.334. The summed E-state index contributed by atoms with van der Waals surface area (Å²) in [6, 6.07) is 14.2. The summed E-state index contributed by atoms with van der Waals surface area (Å²) in [6.07, 6.45) is 0. The molecule has 0 saturated carbocycles. The molecule has 25 heavy (non-hydrogen) atoms. The Morgan fingerprint density at radius 3 is 2.44 bits per heavy atom. The largest absolute Gasteiger partial charge is 0.426 e. The van der Waals surface area contributed by atoms with E-state index in [4.69, 9.17) is 4.74 Å². The molecule has 1 heterocycles. The Kier molecular flexibility index (Phi) is 4.86. The highest BCUT2D eigenvalue weighted by Gasteiger charge is 2.45. The molecule has 0 N–H and O–H groups in total. The van der Waals surface area contributed by atoms with Crippen molar-refractivity contribution in [1.29, 1.82) is 0 Å². The summed E-state index contributed by atoms with van der Waals surface area (Å²) in [5, 5.41) is 0. The highest BCUT2D eigenvalue weighted by atomic mass is 79.9. The molecule has 0 radical (unpaired) electrons. The molecule has 0 aliphatic carbocycles. The van der Waals surface area contributed by atoms with E-state index in [9.17, 15) is 14.4 Å². The summed E-state index contributed by atoms with van der Waals surface area (Å²) >= 11 is 3.41. The van der Waals surface area contributed by atoms with E-state index in [0.29, 0.717) is 16.9 Å². The average molecular weight is 401 g/mol. The third-order valence-corrected chi connectivity index (χ3v) is 5.10. The Morgan fingerprint density at radius 1 is 1.12 bits per heavy atom. The lowest BCUT2D eigenvalue weighted by Crippen LogP contribution is -2.40. The summed E-state index contributed by atoms with van der Waals surface area (Å²) in [6.45, 7) is 3.13. The first kappa shape index (κ1) is 17.5. The van der Waals surface area contributed by atoms with Gasteiger partial charge in [0.15, 0.2) is 5.78 Å². The van der Waals surface area contributed by atoms with E-state index in [1.54, 1.807) is 43.3 Å². The van der Waals surface area contributed by atoms with Crippen LogP contribution >= 0.6 is 15.9 Å². The zero-order valence-electron chi connectivity index (χ0n) is 13.9. The van der Waals surface area contributed by atoms with Crippen molar-refractivity contribution in [2.75, 3.05) is 0 Å². The number of carbonyl (C=O) groups is 3. The van der Waals surface area contributed by atoms with Gasteiger partial charge in [0.25, 0.3) is 0 Å². The molecular weight excluding hydrogens is 384 g/mol. The lowest BCUT2D eigenvalue weighted by atomic mass is 9.72. The lowest BCUT2D eigenvalue weighted by Gasteiger charge is -2.34. The Labute approximate surface area is 154 Å². The second-order valence-corrected chi connectivity index (χ2v) is 7.15. The summed E-state index contributed by atoms with van der Waals surface area (Å²) in [5.74, 6) is -2.67. The van der Waals surface area contributed by atoms with Crippen LogP contribution in [0.15, 0.2) is 53.0 Å². The predicted octanol–water partition coefficient (Wildman–Crippen LogP) is 4.18. The zero-order valence-corrected chi connectivity index (χ0v) is 15.4. The molecule has 1 aliphatic heterocycles. The molecule has 3 atom stereocenters. The molecule has 0 fully saturated rings. The van der Waals surface area contributed by atoms with Gasteiger partial charge in [-0.25, -0.2) is 0 Å². The number of ketones is 2. The molecule has 5 heteroatoms. The van der Waals surface area contributed by atoms with E-state index >= 15 is 0 Å². The van der Waals surface area contributed by atoms with Gasteiger partial charge in [0.2, 0.25) is 0 Å². The van der Waals surface area contributed by atoms with Crippen molar-refractivity contribution in [3.63, 3.8) is 0 Å². The van der Waals surface area contributed by atoms with Gasteiger partial charge in [-0.1, -0.05) is 53.2 Å². The summed E-state index contributed by atoms with van der Waals surface area (Å²) < 4.78 is 6.14. The van der Waals surface area contributed by atoms with Crippen LogP contribution in [0.5, 0.6) is 5.75 Å². The minimum atomic E-state index is -0.982. The standard InChI is InChI=1S/C20H17BrO4/c1-11(19(23)13-6-4-3-5-7-13)17-15-10-14(21)8-9-16(15)25-20(24)18(17)12(2)22/h3-11,17-18H,1-2H3. The number of hydrogen-bond acceptors (Lipinski definition) is 4. The molecular formula is C20H17BrO4. The van der Waals surface area contributed by atoms with Gasteiger partial charge in [0.1, 0.15) is 17.5 Å². The van der Waals surface area contributed by atoms with Gasteiger partial charge in [0.05, 0.1) is 0 Å². The Morgan fingerprint density at radius 2 is 1.80 bits per heavy atom. The molecule has 2 aromatic rings. The zero-order chi connectivity index (χ0) is 18.1. The van der Waals surface area contributed by atoms with Gasteiger partial charge in [-0.05, 0) is 25.1 Å². The normalized spacial score (nSPS) is 20.4. The van der Waals surface area contributed by atoms with E-state index in [-0.39, 0.29) is 11.6 Å². The lowest BCUT2D eigenvalue weighted by molar-refractivity contribution is -0.146. The number of esters is 1. The maximum atomic E-state index is 12.9. The molecule has 0 saturated heterocycles. The third kappa shape index (κ3) is 3.29. The Hall–Kier alpha value is -2.27. The van der Waals surface area contributed by atoms with Crippen LogP contribution in [0.2, 0.25) is 0 Å². The molecule has 0 amide bonds. The number of ether oxygens (including phenoxy) is 1. The van der Waals surface area contributed by atoms with Gasteiger partial charge in [-0.2, -0.15) is 0 Å². The number of hydrogen-bond donors (Lipinski definition) is 0. The van der Waals surface area contributed by atoms with Gasteiger partial charge >= 0.3 is 5.97 Å². The number of Topliss-reactive ketones (excluding diaryl/α,β-unsaturated/α-hetero) is 2. The van der Waals surface area contributed by atoms with Crippen molar-refractivity contribution in [1.82, 2.24) is 0 Å². The van der Waals surface area contributed by atoms with Crippen LogP contribution < -0.4 is 4.74 Å². The van der Waals surface area contributed by atoms with Crippen molar-refractivity contribution in [2.45, 2.75) is 19.8 Å². The van der Waals surface area contributed by atoms with Gasteiger partial charge < -0.3 is 4.74 Å². The van der Waals surface area contributed by atoms with Crippen molar-refractivity contribution in [3.8, 4) is 5.75 Å².